The summed E-state index contributed by atoms with van der Waals surface area (Å²) in [5.41, 5.74) is -1.41. The summed E-state index contributed by atoms with van der Waals surface area (Å²) < 4.78 is 0. The van der Waals surface area contributed by atoms with Crippen molar-refractivity contribution in [2.45, 2.75) is 0 Å². The van der Waals surface area contributed by atoms with Crippen molar-refractivity contribution in [3.8, 4) is 0 Å². The fourth-order valence-corrected chi connectivity index (χ4v) is 5.24. The summed E-state index contributed by atoms with van der Waals surface area (Å²) in [6.45, 7) is 7.26. The van der Waals surface area contributed by atoms with Gasteiger partial charge in [-0.05, 0) is 38.4 Å². The summed E-state index contributed by atoms with van der Waals surface area (Å²) in [7, 11) is 0. The number of carboxylic acid groups (broad SMARTS) is 2. The monoisotopic (exact) mass is 506 g/mol. The number of carbonyl (C=O) groups excluding carboxylic acids is 2. The molecule has 188 valence electrons. The van der Waals surface area contributed by atoms with E-state index in [4.69, 9.17) is 0 Å². The van der Waals surface area contributed by atoms with Crippen LogP contribution >= 0.6 is 0 Å². The SMILES string of the molecule is C=CCNC(=O)c1c(C(=O)O)c2c(C(=O)O)ccc3c4cccc5cccc(c(c1C(=O)NCC=C)c23)c54. The molecule has 0 radical (unpaired) electrons. The smallest absolute Gasteiger partial charge is 0.337 e. The molecule has 0 aliphatic rings. The molecule has 0 aromatic heterocycles. The van der Waals surface area contributed by atoms with Crippen LogP contribution in [0, 0.1) is 0 Å². The maximum atomic E-state index is 13.7. The standard InChI is InChI=1S/C30H22N2O6/c1-3-13-31-27(33)24-22-18-10-6-8-15-7-5-9-16(20(15)18)17-11-12-19(29(35)36)23(21(17)22)26(30(37)38)25(24)28(34)32-14-4-2/h3-12H,1-2,13-14H2,(H,31,33)(H,32,34)(H,35,36)(H,37,38). The Hall–Kier alpha value is -5.24. The van der Waals surface area contributed by atoms with Crippen molar-refractivity contribution in [1.29, 1.82) is 0 Å². The molecule has 5 aromatic rings. The average Bonchev–Trinajstić information content (AvgIpc) is 2.91. The predicted octanol–water partition coefficient (Wildman–Crippen LogP) is 4.97. The van der Waals surface area contributed by atoms with E-state index in [0.29, 0.717) is 16.2 Å². The zero-order chi connectivity index (χ0) is 27.1. The first-order valence-electron chi connectivity index (χ1n) is 11.8. The molecular formula is C30H22N2O6. The molecule has 0 saturated heterocycles. The van der Waals surface area contributed by atoms with E-state index in [9.17, 15) is 29.4 Å². The number of aromatic carboxylic acids is 2. The quantitative estimate of drug-likeness (QED) is 0.134. The number of benzene rings is 5. The average molecular weight is 507 g/mol. The Morgan fingerprint density at radius 2 is 1.21 bits per heavy atom. The minimum Gasteiger partial charge on any atom is -0.478 e. The lowest BCUT2D eigenvalue weighted by Crippen LogP contribution is -2.32. The minimum atomic E-state index is -1.53. The van der Waals surface area contributed by atoms with Crippen LogP contribution in [0.1, 0.15) is 41.4 Å². The highest BCUT2D eigenvalue weighted by Crippen LogP contribution is 2.45. The first-order chi connectivity index (χ1) is 18.3. The van der Waals surface area contributed by atoms with Gasteiger partial charge in [0.15, 0.2) is 0 Å². The third-order valence-electron chi connectivity index (χ3n) is 6.63. The zero-order valence-electron chi connectivity index (χ0n) is 20.1. The molecule has 8 heteroatoms. The van der Waals surface area contributed by atoms with Crippen molar-refractivity contribution in [3.63, 3.8) is 0 Å². The van der Waals surface area contributed by atoms with Crippen LogP contribution < -0.4 is 10.6 Å². The Bertz CT molecular complexity index is 1850. The van der Waals surface area contributed by atoms with Crippen molar-refractivity contribution >= 4 is 66.8 Å². The van der Waals surface area contributed by atoms with Crippen LogP contribution in [0.5, 0.6) is 0 Å². The maximum absolute atomic E-state index is 13.7. The summed E-state index contributed by atoms with van der Waals surface area (Å²) in [6, 6.07) is 14.1. The minimum absolute atomic E-state index is 0.00320. The van der Waals surface area contributed by atoms with Crippen LogP contribution in [-0.2, 0) is 0 Å². The third kappa shape index (κ3) is 3.54. The molecule has 0 aliphatic carbocycles. The maximum Gasteiger partial charge on any atom is 0.337 e. The van der Waals surface area contributed by atoms with Gasteiger partial charge in [0, 0.05) is 23.9 Å². The molecule has 0 fully saturated rings. The lowest BCUT2D eigenvalue weighted by atomic mass is 9.81. The van der Waals surface area contributed by atoms with Gasteiger partial charge in [-0.2, -0.15) is 0 Å². The predicted molar refractivity (Wildman–Crippen MR) is 147 cm³/mol. The first-order valence-corrected chi connectivity index (χ1v) is 11.8. The van der Waals surface area contributed by atoms with Crippen molar-refractivity contribution < 1.29 is 29.4 Å². The Morgan fingerprint density at radius 1 is 0.632 bits per heavy atom. The lowest BCUT2D eigenvalue weighted by molar-refractivity contribution is 0.0692. The molecule has 2 amide bonds. The Balaban J connectivity index is 2.18. The molecule has 0 heterocycles. The van der Waals surface area contributed by atoms with Gasteiger partial charge in [-0.1, -0.05) is 54.6 Å². The second-order valence-electron chi connectivity index (χ2n) is 8.73. The summed E-state index contributed by atoms with van der Waals surface area (Å²) in [4.78, 5) is 52.4. The van der Waals surface area contributed by atoms with Crippen molar-refractivity contribution in [2.75, 3.05) is 13.1 Å². The first kappa shape index (κ1) is 24.5. The molecule has 5 aromatic carbocycles. The van der Waals surface area contributed by atoms with Crippen molar-refractivity contribution in [1.82, 2.24) is 10.6 Å². The fraction of sp³-hybridized carbons (Fsp3) is 0.0667. The Morgan fingerprint density at radius 3 is 1.79 bits per heavy atom. The van der Waals surface area contributed by atoms with E-state index in [2.05, 4.69) is 23.8 Å². The number of hydrogen-bond acceptors (Lipinski definition) is 4. The molecular weight excluding hydrogens is 484 g/mol. The molecule has 8 nitrogen and oxygen atoms in total. The normalized spacial score (nSPS) is 11.2. The van der Waals surface area contributed by atoms with Gasteiger partial charge in [0.2, 0.25) is 0 Å². The second kappa shape index (κ2) is 9.33. The number of amides is 2. The topological polar surface area (TPSA) is 133 Å². The van der Waals surface area contributed by atoms with E-state index in [1.807, 2.05) is 24.3 Å². The highest BCUT2D eigenvalue weighted by molar-refractivity contribution is 6.40. The number of rotatable bonds is 8. The van der Waals surface area contributed by atoms with Crippen LogP contribution in [0.15, 0.2) is 73.8 Å². The van der Waals surface area contributed by atoms with E-state index < -0.39 is 34.9 Å². The molecule has 5 rings (SSSR count). The molecule has 0 saturated carbocycles. The van der Waals surface area contributed by atoms with Crippen LogP contribution in [0.4, 0.5) is 0 Å². The van der Waals surface area contributed by atoms with E-state index in [1.165, 1.54) is 18.2 Å². The van der Waals surface area contributed by atoms with Gasteiger partial charge in [-0.15, -0.1) is 13.2 Å². The molecule has 4 N–H and O–H groups in total. The Labute approximate surface area is 216 Å². The van der Waals surface area contributed by atoms with Crippen LogP contribution in [0.3, 0.4) is 0 Å². The van der Waals surface area contributed by atoms with Crippen LogP contribution in [-0.4, -0.2) is 47.1 Å². The van der Waals surface area contributed by atoms with E-state index in [-0.39, 0.29) is 35.0 Å². The van der Waals surface area contributed by atoms with Crippen molar-refractivity contribution in [2.24, 2.45) is 0 Å². The highest BCUT2D eigenvalue weighted by atomic mass is 16.4. The van der Waals surface area contributed by atoms with Crippen LogP contribution in [0.25, 0.3) is 43.1 Å². The summed E-state index contributed by atoms with van der Waals surface area (Å²) in [6.07, 6.45) is 2.88. The van der Waals surface area contributed by atoms with E-state index in [1.54, 1.807) is 18.2 Å². The van der Waals surface area contributed by atoms with E-state index in [0.717, 1.165) is 16.2 Å². The third-order valence-corrected chi connectivity index (χ3v) is 6.63. The second-order valence-corrected chi connectivity index (χ2v) is 8.73. The van der Waals surface area contributed by atoms with Gasteiger partial charge in [-0.3, -0.25) is 9.59 Å². The molecule has 0 aliphatic heterocycles. The Kier molecular flexibility index (Phi) is 6.00. The number of fused-ring (bicyclic) bond motifs is 2. The van der Waals surface area contributed by atoms with Gasteiger partial charge in [0.25, 0.3) is 11.8 Å². The largest absolute Gasteiger partial charge is 0.478 e. The number of carbonyl (C=O) groups is 4. The lowest BCUT2D eigenvalue weighted by Gasteiger charge is -2.22. The van der Waals surface area contributed by atoms with Gasteiger partial charge in [0.1, 0.15) is 0 Å². The van der Waals surface area contributed by atoms with Crippen LogP contribution in [0.2, 0.25) is 0 Å². The molecule has 0 bridgehead atoms. The summed E-state index contributed by atoms with van der Waals surface area (Å²) >= 11 is 0. The van der Waals surface area contributed by atoms with Gasteiger partial charge >= 0.3 is 11.9 Å². The van der Waals surface area contributed by atoms with E-state index >= 15 is 0 Å². The number of nitrogens with one attached hydrogen (secondary N) is 2. The number of carboxylic acids is 2. The van der Waals surface area contributed by atoms with Crippen molar-refractivity contribution in [3.05, 3.63) is 96.1 Å². The fourth-order valence-electron chi connectivity index (χ4n) is 5.24. The molecule has 0 unspecified atom stereocenters. The summed E-state index contributed by atoms with van der Waals surface area (Å²) in [5.74, 6) is -4.41. The molecule has 0 atom stereocenters. The summed E-state index contributed by atoms with van der Waals surface area (Å²) in [5, 5.41) is 29.8. The molecule has 0 spiro atoms. The zero-order valence-corrected chi connectivity index (χ0v) is 20.1. The van der Waals surface area contributed by atoms with Gasteiger partial charge in [0.05, 0.1) is 22.3 Å². The van der Waals surface area contributed by atoms with Gasteiger partial charge < -0.3 is 20.8 Å². The molecule has 38 heavy (non-hydrogen) atoms. The number of hydrogen-bond donors (Lipinski definition) is 4. The van der Waals surface area contributed by atoms with Gasteiger partial charge in [-0.25, -0.2) is 9.59 Å². The highest BCUT2D eigenvalue weighted by Gasteiger charge is 2.33.